The van der Waals surface area contributed by atoms with E-state index in [0.717, 1.165) is 0 Å². The van der Waals surface area contributed by atoms with Gasteiger partial charge in [-0.25, -0.2) is 9.18 Å². The summed E-state index contributed by atoms with van der Waals surface area (Å²) in [5.74, 6) is -0.717. The molecule has 21 heavy (non-hydrogen) atoms. The Hall–Kier alpha value is -2.50. The Morgan fingerprint density at radius 1 is 1.33 bits per heavy atom. The number of aryl methyl sites for hydroxylation is 1. The van der Waals surface area contributed by atoms with Crippen molar-refractivity contribution in [1.82, 2.24) is 15.3 Å². The Morgan fingerprint density at radius 2 is 2.05 bits per heavy atom. The van der Waals surface area contributed by atoms with Crippen LogP contribution in [0.2, 0.25) is 0 Å². The number of rotatable bonds is 3. The third-order valence-corrected chi connectivity index (χ3v) is 2.86. The van der Waals surface area contributed by atoms with Crippen molar-refractivity contribution in [1.29, 1.82) is 0 Å². The lowest BCUT2D eigenvalue weighted by Crippen LogP contribution is -2.32. The van der Waals surface area contributed by atoms with Crippen molar-refractivity contribution in [3.05, 3.63) is 51.8 Å². The molecule has 0 saturated carbocycles. The highest BCUT2D eigenvalue weighted by atomic mass is 19.1. The molecule has 6 heteroatoms. The first kappa shape index (κ1) is 14.9. The molecular weight excluding hydrogens is 273 g/mol. The number of nitrogens with zero attached hydrogens (tertiary/aromatic N) is 1. The van der Waals surface area contributed by atoms with Crippen LogP contribution in [-0.2, 0) is 0 Å². The van der Waals surface area contributed by atoms with Crippen LogP contribution in [0.15, 0.2) is 29.1 Å². The van der Waals surface area contributed by atoms with Crippen LogP contribution >= 0.6 is 0 Å². The summed E-state index contributed by atoms with van der Waals surface area (Å²) in [5, 5.41) is 2.69. The van der Waals surface area contributed by atoms with Crippen LogP contribution in [0.1, 0.15) is 29.9 Å². The molecule has 0 bridgehead atoms. The molecular formula is C15H16FN3O2. The van der Waals surface area contributed by atoms with Crippen LogP contribution in [0.5, 0.6) is 0 Å². The molecule has 5 nitrogen and oxygen atoms in total. The van der Waals surface area contributed by atoms with Gasteiger partial charge in [0, 0.05) is 11.6 Å². The molecule has 2 aromatic rings. The maximum atomic E-state index is 13.3. The van der Waals surface area contributed by atoms with Crippen molar-refractivity contribution in [3.63, 3.8) is 0 Å². The minimum Gasteiger partial charge on any atom is -0.349 e. The van der Waals surface area contributed by atoms with E-state index in [1.54, 1.807) is 13.0 Å². The van der Waals surface area contributed by atoms with Crippen LogP contribution in [0.4, 0.5) is 4.39 Å². The molecule has 0 aliphatic rings. The molecule has 0 atom stereocenters. The lowest BCUT2D eigenvalue weighted by atomic mass is 10.1. The Bertz CT molecular complexity index is 738. The molecule has 0 spiro atoms. The average molecular weight is 289 g/mol. The van der Waals surface area contributed by atoms with Crippen molar-refractivity contribution < 1.29 is 9.18 Å². The van der Waals surface area contributed by atoms with Crippen LogP contribution in [0.3, 0.4) is 0 Å². The molecule has 1 aromatic heterocycles. The van der Waals surface area contributed by atoms with E-state index in [0.29, 0.717) is 16.8 Å². The number of nitrogens with one attached hydrogen (secondary N) is 2. The van der Waals surface area contributed by atoms with E-state index in [2.05, 4.69) is 15.3 Å². The van der Waals surface area contributed by atoms with Crippen LogP contribution in [0.25, 0.3) is 11.3 Å². The summed E-state index contributed by atoms with van der Waals surface area (Å²) in [6.07, 6.45) is 0. The fourth-order valence-corrected chi connectivity index (χ4v) is 1.87. The van der Waals surface area contributed by atoms with E-state index >= 15 is 0 Å². The van der Waals surface area contributed by atoms with Crippen LogP contribution in [-0.4, -0.2) is 21.9 Å². The molecule has 0 aliphatic carbocycles. The van der Waals surface area contributed by atoms with Gasteiger partial charge in [0.1, 0.15) is 11.5 Å². The molecule has 2 rings (SSSR count). The SMILES string of the molecule is Cc1cc(-c2cc(C(=O)NC(C)C)[nH]c(=O)n2)ccc1F. The highest BCUT2D eigenvalue weighted by molar-refractivity contribution is 5.93. The van der Waals surface area contributed by atoms with Gasteiger partial charge in [-0.2, -0.15) is 4.98 Å². The smallest absolute Gasteiger partial charge is 0.346 e. The topological polar surface area (TPSA) is 74.8 Å². The summed E-state index contributed by atoms with van der Waals surface area (Å²) < 4.78 is 13.3. The minimum absolute atomic E-state index is 0.0503. The number of H-pyrrole nitrogens is 1. The van der Waals surface area contributed by atoms with E-state index in [1.807, 2.05) is 13.8 Å². The molecule has 0 aliphatic heterocycles. The third kappa shape index (κ3) is 3.53. The number of carbonyl (C=O) groups excluding carboxylic acids is 1. The molecule has 0 fully saturated rings. The van der Waals surface area contributed by atoms with Gasteiger partial charge in [-0.05, 0) is 50.6 Å². The summed E-state index contributed by atoms with van der Waals surface area (Å²) in [6, 6.07) is 5.84. The van der Waals surface area contributed by atoms with E-state index < -0.39 is 5.69 Å². The predicted molar refractivity (Wildman–Crippen MR) is 77.6 cm³/mol. The summed E-state index contributed by atoms with van der Waals surface area (Å²) in [6.45, 7) is 5.27. The molecule has 1 amide bonds. The Balaban J connectivity index is 2.45. The highest BCUT2D eigenvalue weighted by Crippen LogP contribution is 2.19. The Kier molecular flexibility index (Phi) is 4.16. The van der Waals surface area contributed by atoms with E-state index in [4.69, 9.17) is 0 Å². The van der Waals surface area contributed by atoms with Crippen molar-refractivity contribution in [2.75, 3.05) is 0 Å². The van der Waals surface area contributed by atoms with Crippen molar-refractivity contribution in [3.8, 4) is 11.3 Å². The Labute approximate surface area is 121 Å². The Morgan fingerprint density at radius 3 is 2.67 bits per heavy atom. The van der Waals surface area contributed by atoms with Gasteiger partial charge in [0.15, 0.2) is 0 Å². The van der Waals surface area contributed by atoms with Gasteiger partial charge in [-0.1, -0.05) is 0 Å². The second-order valence-corrected chi connectivity index (χ2v) is 5.08. The quantitative estimate of drug-likeness (QED) is 0.907. The molecule has 1 heterocycles. The average Bonchev–Trinajstić information content (AvgIpc) is 2.40. The number of benzene rings is 1. The number of hydrogen-bond donors (Lipinski definition) is 2. The summed E-state index contributed by atoms with van der Waals surface area (Å²) >= 11 is 0. The number of aromatic amines is 1. The third-order valence-electron chi connectivity index (χ3n) is 2.86. The summed E-state index contributed by atoms with van der Waals surface area (Å²) in [5.41, 5.74) is 0.862. The monoisotopic (exact) mass is 289 g/mol. The van der Waals surface area contributed by atoms with Gasteiger partial charge in [-0.3, -0.25) is 4.79 Å². The fraction of sp³-hybridized carbons (Fsp3) is 0.267. The van der Waals surface area contributed by atoms with Crippen molar-refractivity contribution in [2.45, 2.75) is 26.8 Å². The highest BCUT2D eigenvalue weighted by Gasteiger charge is 2.12. The zero-order chi connectivity index (χ0) is 15.6. The summed E-state index contributed by atoms with van der Waals surface area (Å²) in [4.78, 5) is 29.8. The first-order valence-electron chi connectivity index (χ1n) is 6.55. The van der Waals surface area contributed by atoms with E-state index in [1.165, 1.54) is 18.2 Å². The van der Waals surface area contributed by atoms with Gasteiger partial charge >= 0.3 is 5.69 Å². The van der Waals surface area contributed by atoms with Crippen LogP contribution in [0, 0.1) is 12.7 Å². The van der Waals surface area contributed by atoms with E-state index in [9.17, 15) is 14.0 Å². The molecule has 1 aromatic carbocycles. The van der Waals surface area contributed by atoms with Gasteiger partial charge in [0.05, 0.1) is 5.69 Å². The van der Waals surface area contributed by atoms with Gasteiger partial charge in [-0.15, -0.1) is 0 Å². The second kappa shape index (κ2) is 5.87. The second-order valence-electron chi connectivity index (χ2n) is 5.08. The fourth-order valence-electron chi connectivity index (χ4n) is 1.87. The number of amides is 1. The maximum Gasteiger partial charge on any atom is 0.346 e. The molecule has 0 unspecified atom stereocenters. The van der Waals surface area contributed by atoms with E-state index in [-0.39, 0.29) is 23.5 Å². The van der Waals surface area contributed by atoms with Crippen molar-refractivity contribution in [2.24, 2.45) is 0 Å². The number of hydrogen-bond acceptors (Lipinski definition) is 3. The lowest BCUT2D eigenvalue weighted by Gasteiger charge is -2.09. The van der Waals surface area contributed by atoms with Gasteiger partial charge in [0.25, 0.3) is 5.91 Å². The van der Waals surface area contributed by atoms with Crippen molar-refractivity contribution >= 4 is 5.91 Å². The zero-order valence-electron chi connectivity index (χ0n) is 12.0. The molecule has 0 saturated heterocycles. The maximum absolute atomic E-state index is 13.3. The van der Waals surface area contributed by atoms with Gasteiger partial charge in [0.2, 0.25) is 0 Å². The predicted octanol–water partition coefficient (Wildman–Crippen LogP) is 2.02. The molecule has 2 N–H and O–H groups in total. The first-order chi connectivity index (χ1) is 9.86. The number of aromatic nitrogens is 2. The number of carbonyl (C=O) groups is 1. The summed E-state index contributed by atoms with van der Waals surface area (Å²) in [7, 11) is 0. The first-order valence-corrected chi connectivity index (χ1v) is 6.55. The minimum atomic E-state index is -0.622. The van der Waals surface area contributed by atoms with Crippen LogP contribution < -0.4 is 11.0 Å². The van der Waals surface area contributed by atoms with Gasteiger partial charge < -0.3 is 10.3 Å². The molecule has 110 valence electrons. The number of halogens is 1. The zero-order valence-corrected chi connectivity index (χ0v) is 12.0. The lowest BCUT2D eigenvalue weighted by molar-refractivity contribution is 0.0937. The normalized spacial score (nSPS) is 10.7. The molecule has 0 radical (unpaired) electrons. The largest absolute Gasteiger partial charge is 0.349 e. The standard InChI is InChI=1S/C15H16FN3O2/c1-8(2)17-14(20)13-7-12(18-15(21)19-13)10-4-5-11(16)9(3)6-10/h4-8H,1-3H3,(H,17,20)(H,18,19,21).